The van der Waals surface area contributed by atoms with Gasteiger partial charge in [0.2, 0.25) is 0 Å². The van der Waals surface area contributed by atoms with E-state index in [4.69, 9.17) is 14.2 Å². The van der Waals surface area contributed by atoms with Crippen LogP contribution in [0.5, 0.6) is 0 Å². The fourth-order valence-electron chi connectivity index (χ4n) is 6.29. The molecule has 0 saturated carbocycles. The molecule has 0 radical (unpaired) electrons. The second kappa shape index (κ2) is 16.1. The Bertz CT molecular complexity index is 2130. The lowest BCUT2D eigenvalue weighted by molar-refractivity contribution is -0.277. The highest BCUT2D eigenvalue weighted by atomic mass is 32.2. The largest absolute Gasteiger partial charge is 0.466 e. The molecule has 0 aliphatic heterocycles. The van der Waals surface area contributed by atoms with Crippen molar-refractivity contribution in [2.24, 2.45) is 0 Å². The number of esters is 2. The zero-order valence-corrected chi connectivity index (χ0v) is 31.9. The first kappa shape index (κ1) is 41.6. The Balaban J connectivity index is 1.92. The summed E-state index contributed by atoms with van der Waals surface area (Å²) >= 11 is 0. The van der Waals surface area contributed by atoms with Crippen LogP contribution in [0.25, 0.3) is 10.9 Å². The minimum atomic E-state index is -5.35. The number of nitrogens with zero attached hydrogens (tertiary/aromatic N) is 1. The van der Waals surface area contributed by atoms with Gasteiger partial charge in [-0.15, -0.1) is 0 Å². The van der Waals surface area contributed by atoms with Crippen LogP contribution in [0.15, 0.2) is 90.0 Å². The topological polar surface area (TPSA) is 139 Å². The highest BCUT2D eigenvalue weighted by Crippen LogP contribution is 2.43. The number of alkyl carbamates (subject to hydrolysis) is 1. The number of ether oxygens (including phenoxy) is 4. The van der Waals surface area contributed by atoms with Crippen LogP contribution in [-0.2, 0) is 50.6 Å². The van der Waals surface area contributed by atoms with Crippen molar-refractivity contribution in [3.63, 3.8) is 0 Å². The molecular weight excluding hydrogens is 729 g/mol. The molecule has 0 aliphatic carbocycles. The van der Waals surface area contributed by atoms with E-state index in [2.05, 4.69) is 10.1 Å². The maximum atomic E-state index is 14.9. The van der Waals surface area contributed by atoms with Crippen LogP contribution < -0.4 is 5.32 Å². The quantitative estimate of drug-likeness (QED) is 0.0918. The predicted octanol–water partition coefficient (Wildman–Crippen LogP) is 6.98. The van der Waals surface area contributed by atoms with Gasteiger partial charge in [0.05, 0.1) is 23.6 Å². The Morgan fingerprint density at radius 2 is 1.50 bits per heavy atom. The van der Waals surface area contributed by atoms with Gasteiger partial charge >= 0.3 is 24.2 Å². The van der Waals surface area contributed by atoms with E-state index in [-0.39, 0.29) is 16.8 Å². The second-order valence-corrected chi connectivity index (χ2v) is 15.4. The number of amides is 1. The molecule has 0 saturated heterocycles. The molecule has 3 atom stereocenters. The van der Waals surface area contributed by atoms with Crippen molar-refractivity contribution in [1.82, 2.24) is 9.29 Å². The van der Waals surface area contributed by atoms with E-state index in [1.165, 1.54) is 24.4 Å². The number of alkyl halides is 3. The number of hydrogen-bond acceptors (Lipinski definition) is 9. The summed E-state index contributed by atoms with van der Waals surface area (Å²) < 4.78 is 95.1. The molecule has 290 valence electrons. The third-order valence-electron chi connectivity index (χ3n) is 8.46. The maximum absolute atomic E-state index is 14.9. The van der Waals surface area contributed by atoms with Gasteiger partial charge in [-0.3, -0.25) is 0 Å². The third kappa shape index (κ3) is 8.79. The summed E-state index contributed by atoms with van der Waals surface area (Å²) in [5.41, 5.74) is -2.80. The summed E-state index contributed by atoms with van der Waals surface area (Å²) in [4.78, 5) is 39.6. The molecule has 1 N–H and O–H groups in total. The van der Waals surface area contributed by atoms with Crippen LogP contribution in [0.2, 0.25) is 0 Å². The summed E-state index contributed by atoms with van der Waals surface area (Å²) in [6.07, 6.45) is -5.42. The number of halogens is 3. The van der Waals surface area contributed by atoms with Gasteiger partial charge in [0.15, 0.2) is 0 Å². The van der Waals surface area contributed by atoms with E-state index in [1.54, 1.807) is 71.0 Å². The van der Waals surface area contributed by atoms with Crippen molar-refractivity contribution in [3.05, 3.63) is 113 Å². The number of hydrogen-bond donors (Lipinski definition) is 1. The molecule has 1 unspecified atom stereocenters. The molecule has 0 fully saturated rings. The number of carbonyl (C=O) groups is 3. The monoisotopic (exact) mass is 772 g/mol. The third-order valence-corrected chi connectivity index (χ3v) is 10.4. The summed E-state index contributed by atoms with van der Waals surface area (Å²) in [6.45, 7) is 9.97. The average molecular weight is 773 g/mol. The first-order valence-corrected chi connectivity index (χ1v) is 18.2. The minimum absolute atomic E-state index is 0.0839. The van der Waals surface area contributed by atoms with Crippen LogP contribution in [0.4, 0.5) is 18.0 Å². The second-order valence-electron chi connectivity index (χ2n) is 13.7. The molecule has 0 spiro atoms. The lowest BCUT2D eigenvalue weighted by Crippen LogP contribution is -2.55. The van der Waals surface area contributed by atoms with E-state index < -0.39 is 63.1 Å². The molecule has 11 nitrogen and oxygen atoms in total. The fraction of sp³-hybridized carbons (Fsp3) is 0.359. The lowest BCUT2D eigenvalue weighted by Gasteiger charge is -2.35. The van der Waals surface area contributed by atoms with Gasteiger partial charge in [-0.1, -0.05) is 66.2 Å². The number of methoxy groups -OCH3 is 2. The van der Waals surface area contributed by atoms with Gasteiger partial charge < -0.3 is 24.3 Å². The highest BCUT2D eigenvalue weighted by molar-refractivity contribution is 7.90. The van der Waals surface area contributed by atoms with Crippen molar-refractivity contribution in [2.45, 2.75) is 82.4 Å². The highest BCUT2D eigenvalue weighted by Gasteiger charge is 2.64. The summed E-state index contributed by atoms with van der Waals surface area (Å²) in [5, 5.41) is 2.97. The minimum Gasteiger partial charge on any atom is -0.466 e. The van der Waals surface area contributed by atoms with Crippen LogP contribution in [-0.4, -0.2) is 68.6 Å². The molecule has 0 bridgehead atoms. The molecule has 4 aromatic rings. The van der Waals surface area contributed by atoms with E-state index in [9.17, 15) is 36.0 Å². The fourth-order valence-corrected chi connectivity index (χ4v) is 8.10. The van der Waals surface area contributed by atoms with Crippen molar-refractivity contribution in [3.8, 4) is 0 Å². The first-order chi connectivity index (χ1) is 25.2. The predicted molar refractivity (Wildman–Crippen MR) is 194 cm³/mol. The van der Waals surface area contributed by atoms with Crippen molar-refractivity contribution >= 4 is 39.0 Å². The number of aromatic nitrogens is 1. The Hall–Kier alpha value is -5.15. The molecular formula is C39H43F3N2O9S. The Kier molecular flexibility index (Phi) is 12.4. The Morgan fingerprint density at radius 3 is 2.06 bits per heavy atom. The molecule has 1 aromatic heterocycles. The number of benzene rings is 3. The lowest BCUT2D eigenvalue weighted by atomic mass is 9.92. The van der Waals surface area contributed by atoms with Gasteiger partial charge in [-0.05, 0) is 76.8 Å². The maximum Gasteiger partial charge on any atom is 0.432 e. The standard InChI is InChI=1S/C39H43F3N2O9S/c1-24-20-25(2)34(26(3)21-24)54(48,49)44-23-27(29-16-12-13-17-31(29)44)22-30(43-36(47)53-37(4,5)6)32(18-19-33(45)50-7)52-35(46)38(51-8,39(40,41)42)28-14-10-9-11-15-28/h9-21,23,30,32H,22H2,1-8H3,(H,43,47)/b19-18+/t30-,32-,38?/m0/s1. The van der Waals surface area contributed by atoms with E-state index in [0.717, 1.165) is 40.9 Å². The summed E-state index contributed by atoms with van der Waals surface area (Å²) in [6, 6.07) is 14.6. The molecule has 0 aliphatic rings. The molecule has 1 heterocycles. The van der Waals surface area contributed by atoms with Gasteiger partial charge in [-0.2, -0.15) is 13.2 Å². The number of fused-ring (bicyclic) bond motifs is 1. The van der Waals surface area contributed by atoms with E-state index >= 15 is 0 Å². The van der Waals surface area contributed by atoms with E-state index in [1.807, 2.05) is 6.92 Å². The molecule has 4 rings (SSSR count). The molecule has 3 aromatic carbocycles. The van der Waals surface area contributed by atoms with Crippen LogP contribution in [0.1, 0.15) is 48.6 Å². The number of carbonyl (C=O) groups excluding carboxylic acids is 3. The van der Waals surface area contributed by atoms with Gasteiger partial charge in [0, 0.05) is 30.3 Å². The Labute approximate surface area is 312 Å². The number of rotatable bonds is 12. The van der Waals surface area contributed by atoms with Crippen molar-refractivity contribution in [1.29, 1.82) is 0 Å². The van der Waals surface area contributed by atoms with Gasteiger partial charge in [0.1, 0.15) is 11.7 Å². The SMILES string of the molecule is COC(=O)/C=C/[C@H](OC(=O)C(OC)(c1ccccc1)C(F)(F)F)[C@H](Cc1cn(S(=O)(=O)c2c(C)cc(C)cc2C)c2ccccc12)NC(=O)OC(C)(C)C. The van der Waals surface area contributed by atoms with Gasteiger partial charge in [0.25, 0.3) is 15.6 Å². The van der Waals surface area contributed by atoms with Crippen molar-refractivity contribution in [2.75, 3.05) is 14.2 Å². The smallest absolute Gasteiger partial charge is 0.432 e. The van der Waals surface area contributed by atoms with Crippen LogP contribution in [0, 0.1) is 20.8 Å². The van der Waals surface area contributed by atoms with E-state index in [0.29, 0.717) is 29.2 Å². The summed E-state index contributed by atoms with van der Waals surface area (Å²) in [5.74, 6) is -2.86. The molecule has 54 heavy (non-hydrogen) atoms. The van der Waals surface area contributed by atoms with Crippen LogP contribution in [0.3, 0.4) is 0 Å². The van der Waals surface area contributed by atoms with Crippen LogP contribution >= 0.6 is 0 Å². The normalized spacial score (nSPS) is 14.6. The zero-order chi connectivity index (χ0) is 40.2. The number of nitrogens with one attached hydrogen (secondary N) is 1. The number of aryl methyl sites for hydroxylation is 3. The summed E-state index contributed by atoms with van der Waals surface area (Å²) in [7, 11) is -2.48. The molecule has 15 heteroatoms. The zero-order valence-electron chi connectivity index (χ0n) is 31.1. The van der Waals surface area contributed by atoms with Crippen molar-refractivity contribution < 1.29 is 54.9 Å². The number of para-hydroxylation sites is 1. The molecule has 1 amide bonds. The average Bonchev–Trinajstić information content (AvgIpc) is 3.44. The Morgan fingerprint density at radius 1 is 0.907 bits per heavy atom. The first-order valence-electron chi connectivity index (χ1n) is 16.7. The van der Waals surface area contributed by atoms with Gasteiger partial charge in [-0.25, -0.2) is 26.8 Å².